The Morgan fingerprint density at radius 1 is 1.25 bits per heavy atom. The number of hydrogen-bond acceptors (Lipinski definition) is 3. The monoisotopic (exact) mass is 260 g/mol. The van der Waals surface area contributed by atoms with Crippen molar-refractivity contribution in [2.24, 2.45) is 0 Å². The Balaban J connectivity index is 2.70. The predicted octanol–water partition coefficient (Wildman–Crippen LogP) is 2.67. The number of benzene rings is 1. The summed E-state index contributed by atoms with van der Waals surface area (Å²) in [6, 6.07) is 4.78. The second-order valence-electron chi connectivity index (χ2n) is 3.07. The van der Waals surface area contributed by atoms with Gasteiger partial charge < -0.3 is 4.74 Å². The van der Waals surface area contributed by atoms with Gasteiger partial charge >= 0.3 is 5.97 Å². The Kier molecular flexibility index (Phi) is 4.77. The zero-order valence-electron chi connectivity index (χ0n) is 8.63. The summed E-state index contributed by atoms with van der Waals surface area (Å²) < 4.78 is 4.58. The van der Waals surface area contributed by atoms with Gasteiger partial charge in [-0.25, -0.2) is 4.79 Å². The Labute approximate surface area is 103 Å². The molecule has 3 nitrogen and oxygen atoms in total. The van der Waals surface area contributed by atoms with Gasteiger partial charge in [-0.15, -0.1) is 0 Å². The summed E-state index contributed by atoms with van der Waals surface area (Å²) in [5, 5.41) is 0.768. The van der Waals surface area contributed by atoms with Crippen LogP contribution in [0.2, 0.25) is 10.0 Å². The topological polar surface area (TPSA) is 43.4 Å². The van der Waals surface area contributed by atoms with E-state index in [0.29, 0.717) is 15.6 Å². The number of rotatable bonds is 4. The maximum absolute atomic E-state index is 11.3. The van der Waals surface area contributed by atoms with Crippen molar-refractivity contribution in [1.82, 2.24) is 0 Å². The highest BCUT2D eigenvalue weighted by Crippen LogP contribution is 2.22. The van der Waals surface area contributed by atoms with Crippen molar-refractivity contribution in [1.29, 1.82) is 0 Å². The van der Waals surface area contributed by atoms with E-state index in [0.717, 1.165) is 0 Å². The molecule has 0 heterocycles. The van der Waals surface area contributed by atoms with E-state index in [1.54, 1.807) is 25.1 Å². The molecule has 86 valence electrons. The maximum Gasteiger partial charge on any atom is 0.374 e. The minimum absolute atomic E-state index is 0.0320. The minimum atomic E-state index is -0.825. The molecular weight excluding hydrogens is 251 g/mol. The highest BCUT2D eigenvalue weighted by atomic mass is 35.5. The van der Waals surface area contributed by atoms with Gasteiger partial charge in [-0.3, -0.25) is 4.79 Å². The number of esters is 1. The lowest BCUT2D eigenvalue weighted by atomic mass is 10.1. The van der Waals surface area contributed by atoms with E-state index < -0.39 is 11.8 Å². The summed E-state index contributed by atoms with van der Waals surface area (Å²) >= 11 is 11.5. The zero-order chi connectivity index (χ0) is 12.1. The molecule has 0 radical (unpaired) electrons. The Morgan fingerprint density at radius 2 is 1.94 bits per heavy atom. The summed E-state index contributed by atoms with van der Waals surface area (Å²) in [5.74, 6) is -1.42. The molecule has 1 aromatic rings. The lowest BCUT2D eigenvalue weighted by Crippen LogP contribution is -2.19. The number of carbonyl (C=O) groups excluding carboxylic acids is 2. The minimum Gasteiger partial charge on any atom is -0.460 e. The summed E-state index contributed by atoms with van der Waals surface area (Å²) in [6.45, 7) is 1.83. The molecule has 0 saturated heterocycles. The van der Waals surface area contributed by atoms with E-state index in [9.17, 15) is 9.59 Å². The first-order chi connectivity index (χ1) is 7.54. The van der Waals surface area contributed by atoms with E-state index in [2.05, 4.69) is 4.74 Å². The van der Waals surface area contributed by atoms with Crippen LogP contribution in [-0.2, 0) is 20.7 Å². The van der Waals surface area contributed by atoms with Crippen molar-refractivity contribution in [3.05, 3.63) is 33.8 Å². The summed E-state index contributed by atoms with van der Waals surface area (Å²) in [4.78, 5) is 22.4. The smallest absolute Gasteiger partial charge is 0.374 e. The van der Waals surface area contributed by atoms with Crippen LogP contribution >= 0.6 is 23.2 Å². The molecule has 5 heteroatoms. The molecule has 0 amide bonds. The average Bonchev–Trinajstić information content (AvgIpc) is 2.24. The third-order valence-corrected chi connectivity index (χ3v) is 2.59. The molecule has 0 saturated carbocycles. The number of hydrogen-bond donors (Lipinski definition) is 0. The molecule has 1 rings (SSSR count). The van der Waals surface area contributed by atoms with Crippen molar-refractivity contribution in [3.63, 3.8) is 0 Å². The van der Waals surface area contributed by atoms with Gasteiger partial charge in [0.25, 0.3) is 0 Å². The number of carbonyl (C=O) groups is 2. The van der Waals surface area contributed by atoms with Crippen molar-refractivity contribution in [2.45, 2.75) is 13.3 Å². The molecule has 0 N–H and O–H groups in total. The number of Topliss-reactive ketones (excluding diaryl/α,β-unsaturated/α-hetero) is 1. The largest absolute Gasteiger partial charge is 0.460 e. The van der Waals surface area contributed by atoms with Crippen LogP contribution < -0.4 is 0 Å². The second-order valence-corrected chi connectivity index (χ2v) is 3.88. The van der Waals surface area contributed by atoms with Gasteiger partial charge in [-0.05, 0) is 24.6 Å². The van der Waals surface area contributed by atoms with Gasteiger partial charge in [0.2, 0.25) is 5.78 Å². The van der Waals surface area contributed by atoms with Crippen LogP contribution in [0.5, 0.6) is 0 Å². The van der Waals surface area contributed by atoms with Crippen LogP contribution in [0.1, 0.15) is 12.5 Å². The van der Waals surface area contributed by atoms with Crippen LogP contribution in [0.3, 0.4) is 0 Å². The van der Waals surface area contributed by atoms with Gasteiger partial charge in [0.1, 0.15) is 0 Å². The van der Waals surface area contributed by atoms with Crippen LogP contribution in [0.25, 0.3) is 0 Å². The van der Waals surface area contributed by atoms with Crippen LogP contribution in [0.15, 0.2) is 18.2 Å². The first-order valence-electron chi connectivity index (χ1n) is 4.68. The van der Waals surface area contributed by atoms with E-state index in [-0.39, 0.29) is 13.0 Å². The van der Waals surface area contributed by atoms with Gasteiger partial charge in [-0.1, -0.05) is 29.3 Å². The number of ether oxygens (including phenoxy) is 1. The molecule has 0 aliphatic heterocycles. The molecule has 0 unspecified atom stereocenters. The van der Waals surface area contributed by atoms with E-state index in [4.69, 9.17) is 23.2 Å². The second kappa shape index (κ2) is 5.87. The number of ketones is 1. The molecule has 0 aliphatic carbocycles. The quantitative estimate of drug-likeness (QED) is 0.618. The van der Waals surface area contributed by atoms with Crippen LogP contribution in [0.4, 0.5) is 0 Å². The first-order valence-corrected chi connectivity index (χ1v) is 5.44. The average molecular weight is 261 g/mol. The van der Waals surface area contributed by atoms with Crippen molar-refractivity contribution >= 4 is 35.0 Å². The predicted molar refractivity (Wildman–Crippen MR) is 61.8 cm³/mol. The molecular formula is C11H10Cl2O3. The molecule has 0 spiro atoms. The van der Waals surface area contributed by atoms with E-state index in [1.807, 2.05) is 0 Å². The third kappa shape index (κ3) is 3.51. The Hall–Kier alpha value is -1.06. The first kappa shape index (κ1) is 13.0. The molecule has 0 aliphatic rings. The van der Waals surface area contributed by atoms with Crippen LogP contribution in [0, 0.1) is 0 Å². The molecule has 0 aromatic heterocycles. The lowest BCUT2D eigenvalue weighted by Gasteiger charge is -2.02. The van der Waals surface area contributed by atoms with Crippen molar-refractivity contribution in [2.75, 3.05) is 6.61 Å². The van der Waals surface area contributed by atoms with Gasteiger partial charge in [0, 0.05) is 6.42 Å². The van der Waals surface area contributed by atoms with Crippen molar-refractivity contribution in [3.8, 4) is 0 Å². The highest BCUT2D eigenvalue weighted by molar-refractivity contribution is 6.42. The molecule has 16 heavy (non-hydrogen) atoms. The fraction of sp³-hybridized carbons (Fsp3) is 0.273. The van der Waals surface area contributed by atoms with E-state index >= 15 is 0 Å². The van der Waals surface area contributed by atoms with Crippen LogP contribution in [-0.4, -0.2) is 18.4 Å². The van der Waals surface area contributed by atoms with Gasteiger partial charge in [0.05, 0.1) is 16.7 Å². The fourth-order valence-electron chi connectivity index (χ4n) is 1.12. The zero-order valence-corrected chi connectivity index (χ0v) is 10.1. The molecule has 0 fully saturated rings. The summed E-state index contributed by atoms with van der Waals surface area (Å²) in [5.41, 5.74) is 0.632. The van der Waals surface area contributed by atoms with Gasteiger partial charge in [0.15, 0.2) is 0 Å². The lowest BCUT2D eigenvalue weighted by molar-refractivity contribution is -0.153. The summed E-state index contributed by atoms with van der Waals surface area (Å²) in [7, 11) is 0. The standard InChI is InChI=1S/C11H10Cl2O3/c1-2-16-11(15)10(14)6-7-3-4-8(12)9(13)5-7/h3-5H,2,6H2,1H3. The molecule has 0 bridgehead atoms. The Bertz CT molecular complexity index is 416. The normalized spacial score (nSPS) is 9.94. The SMILES string of the molecule is CCOC(=O)C(=O)Cc1ccc(Cl)c(Cl)c1. The molecule has 1 aromatic carbocycles. The molecule has 0 atom stereocenters. The van der Waals surface area contributed by atoms with E-state index in [1.165, 1.54) is 0 Å². The Morgan fingerprint density at radius 3 is 2.50 bits per heavy atom. The van der Waals surface area contributed by atoms with Crippen molar-refractivity contribution < 1.29 is 14.3 Å². The highest BCUT2D eigenvalue weighted by Gasteiger charge is 2.15. The number of halogens is 2. The van der Waals surface area contributed by atoms with Gasteiger partial charge in [-0.2, -0.15) is 0 Å². The third-order valence-electron chi connectivity index (χ3n) is 1.85. The summed E-state index contributed by atoms with van der Waals surface area (Å²) in [6.07, 6.45) is -0.0320. The maximum atomic E-state index is 11.3. The fourth-order valence-corrected chi connectivity index (χ4v) is 1.44.